The number of nitrogens with zero attached hydrogens (tertiary/aromatic N) is 1. The van der Waals surface area contributed by atoms with Crippen molar-refractivity contribution in [2.24, 2.45) is 5.41 Å². The highest BCUT2D eigenvalue weighted by Crippen LogP contribution is 2.28. The smallest absolute Gasteiger partial charge is 0.118 e. The lowest BCUT2D eigenvalue weighted by molar-refractivity contribution is 0.220. The molecular weight excluding hydrogens is 234 g/mol. The van der Waals surface area contributed by atoms with E-state index in [1.807, 2.05) is 6.07 Å². The first kappa shape index (κ1) is 14.4. The third kappa shape index (κ3) is 4.54. The molecule has 2 heteroatoms. The average molecular weight is 261 g/mol. The van der Waals surface area contributed by atoms with Gasteiger partial charge in [0.25, 0.3) is 0 Å². The molecule has 0 atom stereocenters. The van der Waals surface area contributed by atoms with Crippen molar-refractivity contribution in [3.63, 3.8) is 0 Å². The Kier molecular flexibility index (Phi) is 4.51. The van der Waals surface area contributed by atoms with Gasteiger partial charge in [-0.2, -0.15) is 0 Å². The van der Waals surface area contributed by atoms with Crippen molar-refractivity contribution in [2.75, 3.05) is 13.1 Å². The molecule has 1 heterocycles. The number of hydrogen-bond donors (Lipinski definition) is 1. The van der Waals surface area contributed by atoms with Crippen LogP contribution in [0.2, 0.25) is 0 Å². The maximum absolute atomic E-state index is 9.99. The van der Waals surface area contributed by atoms with Crippen molar-refractivity contribution >= 4 is 0 Å². The number of rotatable bonds is 3. The number of hydrogen-bond acceptors (Lipinski definition) is 2. The van der Waals surface area contributed by atoms with E-state index in [1.165, 1.54) is 37.9 Å². The third-order valence-corrected chi connectivity index (χ3v) is 3.72. The van der Waals surface area contributed by atoms with E-state index >= 15 is 0 Å². The van der Waals surface area contributed by atoms with Gasteiger partial charge in [0.1, 0.15) is 5.75 Å². The quantitative estimate of drug-likeness (QED) is 0.890. The van der Waals surface area contributed by atoms with Crippen LogP contribution in [0.1, 0.15) is 51.2 Å². The zero-order valence-corrected chi connectivity index (χ0v) is 12.6. The van der Waals surface area contributed by atoms with Crippen molar-refractivity contribution in [1.82, 2.24) is 4.90 Å². The lowest BCUT2D eigenvalue weighted by Gasteiger charge is -2.27. The first-order valence-corrected chi connectivity index (χ1v) is 7.47. The number of benzene rings is 1. The van der Waals surface area contributed by atoms with Crippen LogP contribution in [0.25, 0.3) is 0 Å². The van der Waals surface area contributed by atoms with Crippen LogP contribution in [0, 0.1) is 5.41 Å². The first-order chi connectivity index (χ1) is 8.94. The van der Waals surface area contributed by atoms with Crippen molar-refractivity contribution in [3.05, 3.63) is 29.3 Å². The highest BCUT2D eigenvalue weighted by Gasteiger charge is 2.16. The monoisotopic (exact) mass is 261 g/mol. The predicted molar refractivity (Wildman–Crippen MR) is 80.4 cm³/mol. The fraction of sp³-hybridized carbons (Fsp3) is 0.647. The minimum absolute atomic E-state index is 0.210. The lowest BCUT2D eigenvalue weighted by atomic mass is 9.87. The molecule has 106 valence electrons. The van der Waals surface area contributed by atoms with E-state index in [9.17, 15) is 5.11 Å². The summed E-state index contributed by atoms with van der Waals surface area (Å²) in [6.07, 6.45) is 4.95. The fourth-order valence-corrected chi connectivity index (χ4v) is 2.83. The highest BCUT2D eigenvalue weighted by molar-refractivity contribution is 5.36. The zero-order valence-electron chi connectivity index (χ0n) is 12.6. The number of phenolic OH excluding ortho intramolecular Hbond substituents is 1. The molecule has 0 saturated carbocycles. The average Bonchev–Trinajstić information content (AvgIpc) is 2.33. The van der Waals surface area contributed by atoms with Gasteiger partial charge in [0, 0.05) is 6.54 Å². The molecule has 0 amide bonds. The Balaban J connectivity index is 2.07. The number of aromatic hydroxyl groups is 1. The van der Waals surface area contributed by atoms with Gasteiger partial charge in [-0.25, -0.2) is 0 Å². The summed E-state index contributed by atoms with van der Waals surface area (Å²) < 4.78 is 0. The molecule has 0 bridgehead atoms. The molecule has 1 N–H and O–H groups in total. The summed E-state index contributed by atoms with van der Waals surface area (Å²) in [6, 6.07) is 6.12. The summed E-state index contributed by atoms with van der Waals surface area (Å²) >= 11 is 0. The molecule has 19 heavy (non-hydrogen) atoms. The maximum atomic E-state index is 9.99. The van der Waals surface area contributed by atoms with E-state index in [2.05, 4.69) is 37.8 Å². The van der Waals surface area contributed by atoms with Crippen LogP contribution in [0.3, 0.4) is 0 Å². The predicted octanol–water partition coefficient (Wildman–Crippen LogP) is 3.97. The topological polar surface area (TPSA) is 23.5 Å². The van der Waals surface area contributed by atoms with Gasteiger partial charge in [-0.1, -0.05) is 39.3 Å². The number of piperidine rings is 1. The van der Waals surface area contributed by atoms with E-state index in [0.29, 0.717) is 5.75 Å². The van der Waals surface area contributed by atoms with E-state index in [1.54, 1.807) is 0 Å². The van der Waals surface area contributed by atoms with E-state index in [0.717, 1.165) is 18.5 Å². The standard InChI is InChI=1S/C17H27NO/c1-17(2,3)12-15-11-14(7-8-16(15)19)13-18-9-5-4-6-10-18/h7-8,11,19H,4-6,9-10,12-13H2,1-3H3. The van der Waals surface area contributed by atoms with Gasteiger partial charge >= 0.3 is 0 Å². The molecule has 2 rings (SSSR count). The Labute approximate surface area is 117 Å². The van der Waals surface area contributed by atoms with Crippen molar-refractivity contribution in [2.45, 2.75) is 53.0 Å². The molecule has 1 aliphatic heterocycles. The Bertz CT molecular complexity index is 414. The molecule has 0 aliphatic carbocycles. The van der Waals surface area contributed by atoms with Gasteiger partial charge in [-0.15, -0.1) is 0 Å². The van der Waals surface area contributed by atoms with E-state index in [4.69, 9.17) is 0 Å². The van der Waals surface area contributed by atoms with Crippen LogP contribution in [-0.4, -0.2) is 23.1 Å². The van der Waals surface area contributed by atoms with Gasteiger partial charge in [0.05, 0.1) is 0 Å². The van der Waals surface area contributed by atoms with Gasteiger partial charge in [-0.3, -0.25) is 4.90 Å². The Morgan fingerprint density at radius 1 is 1.11 bits per heavy atom. The third-order valence-electron chi connectivity index (χ3n) is 3.72. The van der Waals surface area contributed by atoms with E-state index in [-0.39, 0.29) is 5.41 Å². The summed E-state index contributed by atoms with van der Waals surface area (Å²) in [7, 11) is 0. The zero-order chi connectivity index (χ0) is 13.9. The second kappa shape index (κ2) is 5.96. The molecule has 0 spiro atoms. The summed E-state index contributed by atoms with van der Waals surface area (Å²) in [5.41, 5.74) is 2.63. The van der Waals surface area contributed by atoms with Gasteiger partial charge < -0.3 is 5.11 Å². The second-order valence-corrected chi connectivity index (χ2v) is 7.04. The van der Waals surface area contributed by atoms with Gasteiger partial charge in [-0.05, 0) is 55.0 Å². The molecule has 0 aromatic heterocycles. The van der Waals surface area contributed by atoms with Crippen LogP contribution in [0.5, 0.6) is 5.75 Å². The number of likely N-dealkylation sites (tertiary alicyclic amines) is 1. The van der Waals surface area contributed by atoms with Gasteiger partial charge in [0.15, 0.2) is 0 Å². The molecule has 1 aromatic carbocycles. The van der Waals surface area contributed by atoms with Crippen LogP contribution in [0.4, 0.5) is 0 Å². The largest absolute Gasteiger partial charge is 0.508 e. The number of phenols is 1. The maximum Gasteiger partial charge on any atom is 0.118 e. The summed E-state index contributed by atoms with van der Waals surface area (Å²) in [4.78, 5) is 2.52. The van der Waals surface area contributed by atoms with Crippen LogP contribution < -0.4 is 0 Å². The molecule has 2 nitrogen and oxygen atoms in total. The van der Waals surface area contributed by atoms with Crippen molar-refractivity contribution < 1.29 is 5.11 Å². The van der Waals surface area contributed by atoms with Gasteiger partial charge in [0.2, 0.25) is 0 Å². The summed E-state index contributed by atoms with van der Waals surface area (Å²) in [6.45, 7) is 10.1. The molecule has 1 aromatic rings. The fourth-order valence-electron chi connectivity index (χ4n) is 2.83. The Hall–Kier alpha value is -1.02. The second-order valence-electron chi connectivity index (χ2n) is 7.04. The Morgan fingerprint density at radius 2 is 1.79 bits per heavy atom. The lowest BCUT2D eigenvalue weighted by Crippen LogP contribution is -2.29. The summed E-state index contributed by atoms with van der Waals surface area (Å²) in [5, 5.41) is 9.99. The SMILES string of the molecule is CC(C)(C)Cc1cc(CN2CCCCC2)ccc1O. The summed E-state index contributed by atoms with van der Waals surface area (Å²) in [5.74, 6) is 0.442. The minimum atomic E-state index is 0.210. The Morgan fingerprint density at radius 3 is 2.42 bits per heavy atom. The first-order valence-electron chi connectivity index (χ1n) is 7.47. The van der Waals surface area contributed by atoms with Crippen LogP contribution in [0.15, 0.2) is 18.2 Å². The highest BCUT2D eigenvalue weighted by atomic mass is 16.3. The molecule has 1 saturated heterocycles. The molecular formula is C17H27NO. The molecule has 1 fully saturated rings. The minimum Gasteiger partial charge on any atom is -0.508 e. The molecule has 1 aliphatic rings. The van der Waals surface area contributed by atoms with Crippen molar-refractivity contribution in [3.8, 4) is 5.75 Å². The van der Waals surface area contributed by atoms with Crippen LogP contribution in [-0.2, 0) is 13.0 Å². The molecule has 0 unspecified atom stereocenters. The normalized spacial score (nSPS) is 17.6. The molecule has 0 radical (unpaired) electrons. The van der Waals surface area contributed by atoms with Crippen LogP contribution >= 0.6 is 0 Å². The van der Waals surface area contributed by atoms with Crippen molar-refractivity contribution in [1.29, 1.82) is 0 Å². The van der Waals surface area contributed by atoms with E-state index < -0.39 is 0 Å².